The van der Waals surface area contributed by atoms with E-state index < -0.39 is 18.1 Å². The topological polar surface area (TPSA) is 64.6 Å². The van der Waals surface area contributed by atoms with Crippen LogP contribution in [0.25, 0.3) is 0 Å². The fourth-order valence-electron chi connectivity index (χ4n) is 3.34. The van der Waals surface area contributed by atoms with Gasteiger partial charge in [0, 0.05) is 18.0 Å². The van der Waals surface area contributed by atoms with Crippen LogP contribution >= 0.6 is 0 Å². The van der Waals surface area contributed by atoms with Crippen LogP contribution in [0.4, 0.5) is 13.2 Å². The number of alkyl halides is 3. The van der Waals surface area contributed by atoms with Crippen LogP contribution < -0.4 is 14.8 Å². The first-order valence-corrected chi connectivity index (χ1v) is 9.38. The minimum Gasteiger partial charge on any atom is -0.493 e. The van der Waals surface area contributed by atoms with Gasteiger partial charge in [-0.15, -0.1) is 0 Å². The van der Waals surface area contributed by atoms with E-state index in [1.54, 1.807) is 18.2 Å². The summed E-state index contributed by atoms with van der Waals surface area (Å²) in [7, 11) is 1.47. The number of benzene rings is 1. The Balaban J connectivity index is 1.75. The Morgan fingerprint density at radius 3 is 2.61 bits per heavy atom. The van der Waals surface area contributed by atoms with E-state index in [1.807, 2.05) is 0 Å². The lowest BCUT2D eigenvalue weighted by molar-refractivity contribution is -0.184. The number of ether oxygens (including phenoxy) is 2. The molecule has 1 amide bonds. The van der Waals surface area contributed by atoms with E-state index in [4.69, 9.17) is 9.47 Å². The van der Waals surface area contributed by atoms with Crippen molar-refractivity contribution < 1.29 is 32.2 Å². The maximum atomic E-state index is 12.8. The second kappa shape index (κ2) is 9.80. The third-order valence-electron chi connectivity index (χ3n) is 4.88. The number of carbonyl (C=O) groups is 2. The predicted octanol–water partition coefficient (Wildman–Crippen LogP) is 4.29. The van der Waals surface area contributed by atoms with Gasteiger partial charge in [0.05, 0.1) is 19.6 Å². The van der Waals surface area contributed by atoms with Gasteiger partial charge in [-0.3, -0.25) is 9.59 Å². The molecular formula is C20H26F3NO4. The van der Waals surface area contributed by atoms with Gasteiger partial charge in [-0.2, -0.15) is 13.2 Å². The van der Waals surface area contributed by atoms with Crippen LogP contribution in [-0.4, -0.2) is 37.6 Å². The largest absolute Gasteiger partial charge is 0.493 e. The molecule has 2 rings (SSSR count). The Bertz CT molecular complexity index is 691. The van der Waals surface area contributed by atoms with Gasteiger partial charge in [0.15, 0.2) is 17.3 Å². The van der Waals surface area contributed by atoms with Crippen molar-refractivity contribution in [2.24, 2.45) is 5.92 Å². The van der Waals surface area contributed by atoms with Crippen molar-refractivity contribution in [1.82, 2.24) is 5.32 Å². The van der Waals surface area contributed by atoms with Gasteiger partial charge >= 0.3 is 6.18 Å². The zero-order valence-corrected chi connectivity index (χ0v) is 16.1. The molecule has 0 aliphatic heterocycles. The highest BCUT2D eigenvalue weighted by Gasteiger charge is 2.42. The van der Waals surface area contributed by atoms with Crippen LogP contribution in [0.2, 0.25) is 0 Å². The molecule has 0 radical (unpaired) electrons. The van der Waals surface area contributed by atoms with Gasteiger partial charge in [-0.05, 0) is 50.8 Å². The monoisotopic (exact) mass is 401 g/mol. The average molecular weight is 401 g/mol. The summed E-state index contributed by atoms with van der Waals surface area (Å²) in [5, 5.41) is 2.71. The number of Topliss-reactive ketones (excluding diaryl/α,β-unsaturated/α-hetero) is 1. The number of nitrogens with one attached hydrogen (secondary N) is 1. The van der Waals surface area contributed by atoms with Crippen molar-refractivity contribution >= 4 is 11.7 Å². The van der Waals surface area contributed by atoms with Gasteiger partial charge in [0.2, 0.25) is 5.91 Å². The number of halogens is 3. The third-order valence-corrected chi connectivity index (χ3v) is 4.88. The molecule has 0 spiro atoms. The minimum atomic E-state index is -4.20. The van der Waals surface area contributed by atoms with Gasteiger partial charge in [-0.1, -0.05) is 6.42 Å². The van der Waals surface area contributed by atoms with Gasteiger partial charge in [-0.25, -0.2) is 0 Å². The molecule has 1 aromatic rings. The predicted molar refractivity (Wildman–Crippen MR) is 97.7 cm³/mol. The Morgan fingerprint density at radius 1 is 1.21 bits per heavy atom. The number of ketones is 1. The number of methoxy groups -OCH3 is 1. The van der Waals surface area contributed by atoms with Crippen LogP contribution in [0.1, 0.15) is 55.8 Å². The SMILES string of the molecule is COc1cc(C(C)=O)ccc1OCCCC(=O)N[C@@H]1CCC[C@H](C(F)(F)F)C1. The second-order valence-corrected chi connectivity index (χ2v) is 7.04. The number of amides is 1. The van der Waals surface area contributed by atoms with Gasteiger partial charge in [0.1, 0.15) is 0 Å². The highest BCUT2D eigenvalue weighted by atomic mass is 19.4. The molecular weight excluding hydrogens is 375 g/mol. The van der Waals surface area contributed by atoms with Crippen molar-refractivity contribution in [3.63, 3.8) is 0 Å². The van der Waals surface area contributed by atoms with Gasteiger partial charge < -0.3 is 14.8 Å². The van der Waals surface area contributed by atoms with E-state index in [0.717, 1.165) is 0 Å². The van der Waals surface area contributed by atoms with Crippen molar-refractivity contribution in [1.29, 1.82) is 0 Å². The number of rotatable bonds is 8. The Hall–Kier alpha value is -2.25. The van der Waals surface area contributed by atoms with E-state index in [0.29, 0.717) is 36.3 Å². The Morgan fingerprint density at radius 2 is 1.96 bits per heavy atom. The maximum absolute atomic E-state index is 12.8. The molecule has 5 nitrogen and oxygen atoms in total. The summed E-state index contributed by atoms with van der Waals surface area (Å²) in [6, 6.07) is 4.43. The molecule has 2 atom stereocenters. The molecule has 1 aromatic carbocycles. The summed E-state index contributed by atoms with van der Waals surface area (Å²) in [6.07, 6.45) is -2.49. The van der Waals surface area contributed by atoms with Crippen LogP contribution in [-0.2, 0) is 4.79 Å². The molecule has 8 heteroatoms. The van der Waals surface area contributed by atoms with Crippen molar-refractivity contribution in [2.75, 3.05) is 13.7 Å². The molecule has 1 saturated carbocycles. The molecule has 0 bridgehead atoms. The lowest BCUT2D eigenvalue weighted by Gasteiger charge is -2.31. The lowest BCUT2D eigenvalue weighted by Crippen LogP contribution is -2.41. The second-order valence-electron chi connectivity index (χ2n) is 7.04. The van der Waals surface area contributed by atoms with Crippen LogP contribution in [0.5, 0.6) is 11.5 Å². The highest BCUT2D eigenvalue weighted by Crippen LogP contribution is 2.37. The quantitative estimate of drug-likeness (QED) is 0.521. The van der Waals surface area contributed by atoms with Crippen molar-refractivity contribution in [3.05, 3.63) is 23.8 Å². The van der Waals surface area contributed by atoms with E-state index in [1.165, 1.54) is 14.0 Å². The Labute approximate surface area is 162 Å². The summed E-state index contributed by atoms with van der Waals surface area (Å²) < 4.78 is 49.3. The molecule has 0 aromatic heterocycles. The first kappa shape index (κ1) is 22.0. The molecule has 1 fully saturated rings. The minimum absolute atomic E-state index is 0.0502. The molecule has 1 aliphatic rings. The van der Waals surface area contributed by atoms with E-state index >= 15 is 0 Å². The normalized spacial score (nSPS) is 19.8. The third kappa shape index (κ3) is 6.42. The van der Waals surface area contributed by atoms with Crippen molar-refractivity contribution in [2.45, 2.75) is 57.7 Å². The molecule has 0 heterocycles. The van der Waals surface area contributed by atoms with E-state index in [9.17, 15) is 22.8 Å². The average Bonchev–Trinajstić information content (AvgIpc) is 2.64. The molecule has 0 saturated heterocycles. The van der Waals surface area contributed by atoms with Crippen LogP contribution in [0, 0.1) is 5.92 Å². The van der Waals surface area contributed by atoms with E-state index in [-0.39, 0.29) is 37.6 Å². The summed E-state index contributed by atoms with van der Waals surface area (Å²) in [4.78, 5) is 23.4. The number of hydrogen-bond acceptors (Lipinski definition) is 4. The smallest absolute Gasteiger partial charge is 0.391 e. The fourth-order valence-corrected chi connectivity index (χ4v) is 3.34. The number of hydrogen-bond donors (Lipinski definition) is 1. The molecule has 28 heavy (non-hydrogen) atoms. The lowest BCUT2D eigenvalue weighted by atomic mass is 9.85. The summed E-state index contributed by atoms with van der Waals surface area (Å²) in [5.41, 5.74) is 0.508. The van der Waals surface area contributed by atoms with Crippen LogP contribution in [0.3, 0.4) is 0 Å². The number of carbonyl (C=O) groups excluding carboxylic acids is 2. The van der Waals surface area contributed by atoms with Crippen molar-refractivity contribution in [3.8, 4) is 11.5 Å². The Kier molecular flexibility index (Phi) is 7.71. The zero-order valence-electron chi connectivity index (χ0n) is 16.1. The summed E-state index contributed by atoms with van der Waals surface area (Å²) in [5.74, 6) is -0.793. The highest BCUT2D eigenvalue weighted by molar-refractivity contribution is 5.94. The first-order chi connectivity index (χ1) is 13.2. The zero-order chi connectivity index (χ0) is 20.7. The molecule has 1 N–H and O–H groups in total. The summed E-state index contributed by atoms with van der Waals surface area (Å²) >= 11 is 0. The molecule has 156 valence electrons. The molecule has 1 aliphatic carbocycles. The van der Waals surface area contributed by atoms with E-state index in [2.05, 4.69) is 5.32 Å². The van der Waals surface area contributed by atoms with Crippen LogP contribution in [0.15, 0.2) is 18.2 Å². The molecule has 0 unspecified atom stereocenters. The maximum Gasteiger partial charge on any atom is 0.391 e. The summed E-state index contributed by atoms with van der Waals surface area (Å²) in [6.45, 7) is 1.70. The fraction of sp³-hybridized carbons (Fsp3) is 0.600. The van der Waals surface area contributed by atoms with Gasteiger partial charge in [0.25, 0.3) is 0 Å². The standard InChI is InChI=1S/C20H26F3NO4/c1-13(25)14-8-9-17(18(11-14)27-2)28-10-4-7-19(26)24-16-6-3-5-15(12-16)20(21,22)23/h8-9,11,15-16H,3-7,10,12H2,1-2H3,(H,24,26)/t15-,16+/m0/s1. The first-order valence-electron chi connectivity index (χ1n) is 9.38.